The molecule has 1 aliphatic heterocycles. The summed E-state index contributed by atoms with van der Waals surface area (Å²) in [7, 11) is 1.69. The number of piperazine rings is 1. The second-order valence-corrected chi connectivity index (χ2v) is 6.17. The smallest absolute Gasteiger partial charge is 0.276 e. The number of nitrogen functional groups attached to an aromatic ring is 1. The predicted octanol–water partition coefficient (Wildman–Crippen LogP) is 1.33. The molecule has 1 aliphatic rings. The Morgan fingerprint density at radius 3 is 2.60 bits per heavy atom. The van der Waals surface area contributed by atoms with Crippen molar-refractivity contribution in [1.29, 1.82) is 0 Å². The minimum absolute atomic E-state index is 0.154. The van der Waals surface area contributed by atoms with Crippen molar-refractivity contribution < 1.29 is 9.53 Å². The summed E-state index contributed by atoms with van der Waals surface area (Å²) < 4.78 is 5.45. The highest BCUT2D eigenvalue weighted by Gasteiger charge is 2.25. The van der Waals surface area contributed by atoms with Gasteiger partial charge in [0.1, 0.15) is 5.75 Å². The lowest BCUT2D eigenvalue weighted by Crippen LogP contribution is -2.48. The van der Waals surface area contributed by atoms with Gasteiger partial charge in [-0.15, -0.1) is 0 Å². The molecular formula is C18H23N5O2. The molecule has 0 radical (unpaired) electrons. The van der Waals surface area contributed by atoms with Crippen molar-refractivity contribution in [1.82, 2.24) is 19.8 Å². The molecule has 0 atom stereocenters. The molecule has 25 heavy (non-hydrogen) atoms. The molecule has 1 aromatic heterocycles. The number of carbonyl (C=O) groups excluding carboxylic acids is 1. The molecule has 2 N–H and O–H groups in total. The maximum atomic E-state index is 12.5. The molecule has 3 rings (SSSR count). The first-order valence-electron chi connectivity index (χ1n) is 8.30. The van der Waals surface area contributed by atoms with Gasteiger partial charge in [0.05, 0.1) is 7.11 Å². The Kier molecular flexibility index (Phi) is 5.14. The van der Waals surface area contributed by atoms with Crippen molar-refractivity contribution >= 4 is 11.7 Å². The van der Waals surface area contributed by atoms with Crippen LogP contribution >= 0.6 is 0 Å². The highest BCUT2D eigenvalue weighted by atomic mass is 16.5. The molecule has 0 spiro atoms. The number of aromatic nitrogens is 2. The van der Waals surface area contributed by atoms with E-state index in [1.165, 1.54) is 23.5 Å². The number of carbonyl (C=O) groups is 1. The van der Waals surface area contributed by atoms with Crippen LogP contribution in [0.4, 0.5) is 5.82 Å². The van der Waals surface area contributed by atoms with Gasteiger partial charge in [-0.1, -0.05) is 17.7 Å². The summed E-state index contributed by atoms with van der Waals surface area (Å²) in [6.45, 7) is 5.75. The number of methoxy groups -OCH3 is 1. The Morgan fingerprint density at radius 2 is 1.92 bits per heavy atom. The van der Waals surface area contributed by atoms with Crippen molar-refractivity contribution in [2.45, 2.75) is 13.5 Å². The molecule has 2 aromatic rings. The van der Waals surface area contributed by atoms with Crippen LogP contribution in [0.3, 0.4) is 0 Å². The van der Waals surface area contributed by atoms with Crippen LogP contribution in [0.1, 0.15) is 21.6 Å². The standard InChI is InChI=1S/C18H23N5O2/c1-13-3-4-15(25-2)14(11-13)12-22-7-9-23(10-8-22)18(24)16-17(19)21-6-5-20-16/h3-6,11H,7-10,12H2,1-2H3,(H2,19,21). The van der Waals surface area contributed by atoms with E-state index in [1.54, 1.807) is 12.0 Å². The van der Waals surface area contributed by atoms with Crippen LogP contribution in [0, 0.1) is 6.92 Å². The van der Waals surface area contributed by atoms with E-state index in [4.69, 9.17) is 10.5 Å². The fourth-order valence-electron chi connectivity index (χ4n) is 3.04. The summed E-state index contributed by atoms with van der Waals surface area (Å²) in [6, 6.07) is 6.20. The fourth-order valence-corrected chi connectivity index (χ4v) is 3.04. The largest absolute Gasteiger partial charge is 0.496 e. The molecule has 132 valence electrons. The average Bonchev–Trinajstić information content (AvgIpc) is 2.62. The summed E-state index contributed by atoms with van der Waals surface area (Å²) in [6.07, 6.45) is 2.98. The third kappa shape index (κ3) is 3.88. The Hall–Kier alpha value is -2.67. The quantitative estimate of drug-likeness (QED) is 0.903. The molecule has 0 unspecified atom stereocenters. The molecule has 7 nitrogen and oxygen atoms in total. The van der Waals surface area contributed by atoms with Gasteiger partial charge in [0, 0.05) is 50.7 Å². The minimum Gasteiger partial charge on any atom is -0.496 e. The molecule has 1 amide bonds. The highest BCUT2D eigenvalue weighted by Crippen LogP contribution is 2.22. The zero-order valence-electron chi connectivity index (χ0n) is 14.6. The van der Waals surface area contributed by atoms with Crippen molar-refractivity contribution in [3.8, 4) is 5.75 Å². The van der Waals surface area contributed by atoms with Gasteiger partial charge in [-0.25, -0.2) is 9.97 Å². The van der Waals surface area contributed by atoms with Gasteiger partial charge in [0.15, 0.2) is 11.5 Å². The summed E-state index contributed by atoms with van der Waals surface area (Å²) in [5.74, 6) is 0.925. The third-order valence-corrected chi connectivity index (χ3v) is 4.42. The van der Waals surface area contributed by atoms with Crippen LogP contribution in [0.25, 0.3) is 0 Å². The van der Waals surface area contributed by atoms with E-state index in [-0.39, 0.29) is 17.4 Å². The second kappa shape index (κ2) is 7.48. The van der Waals surface area contributed by atoms with Crippen LogP contribution < -0.4 is 10.5 Å². The van der Waals surface area contributed by atoms with Gasteiger partial charge in [0.2, 0.25) is 0 Å². The van der Waals surface area contributed by atoms with Gasteiger partial charge < -0.3 is 15.4 Å². The molecule has 1 fully saturated rings. The molecule has 1 aromatic carbocycles. The Morgan fingerprint density at radius 1 is 1.20 bits per heavy atom. The van der Waals surface area contributed by atoms with Crippen molar-refractivity contribution in [2.24, 2.45) is 0 Å². The lowest BCUT2D eigenvalue weighted by Gasteiger charge is -2.34. The molecule has 1 saturated heterocycles. The molecule has 0 aliphatic carbocycles. The average molecular weight is 341 g/mol. The van der Waals surface area contributed by atoms with E-state index >= 15 is 0 Å². The van der Waals surface area contributed by atoms with Crippen LogP contribution in [-0.4, -0.2) is 59.0 Å². The van der Waals surface area contributed by atoms with Gasteiger partial charge in [0.25, 0.3) is 5.91 Å². The van der Waals surface area contributed by atoms with Crippen LogP contribution in [-0.2, 0) is 6.54 Å². The van der Waals surface area contributed by atoms with Crippen LogP contribution in [0.2, 0.25) is 0 Å². The van der Waals surface area contributed by atoms with E-state index in [1.807, 2.05) is 12.1 Å². The highest BCUT2D eigenvalue weighted by molar-refractivity contribution is 5.96. The van der Waals surface area contributed by atoms with Gasteiger partial charge in [-0.2, -0.15) is 0 Å². The summed E-state index contributed by atoms with van der Waals surface area (Å²) >= 11 is 0. The summed E-state index contributed by atoms with van der Waals surface area (Å²) in [5, 5.41) is 0. The Balaban J connectivity index is 1.62. The summed E-state index contributed by atoms with van der Waals surface area (Å²) in [4.78, 5) is 24.6. The molecule has 0 bridgehead atoms. The van der Waals surface area contributed by atoms with Crippen molar-refractivity contribution in [3.05, 3.63) is 47.4 Å². The van der Waals surface area contributed by atoms with E-state index in [0.29, 0.717) is 13.1 Å². The number of nitrogens with zero attached hydrogens (tertiary/aromatic N) is 4. The number of aryl methyl sites for hydroxylation is 1. The van der Waals surface area contributed by atoms with Crippen LogP contribution in [0.15, 0.2) is 30.6 Å². The number of anilines is 1. The monoisotopic (exact) mass is 341 g/mol. The topological polar surface area (TPSA) is 84.6 Å². The van der Waals surface area contributed by atoms with E-state index in [0.717, 1.165) is 25.4 Å². The zero-order chi connectivity index (χ0) is 17.8. The lowest BCUT2D eigenvalue weighted by atomic mass is 10.1. The third-order valence-electron chi connectivity index (χ3n) is 4.42. The second-order valence-electron chi connectivity index (χ2n) is 6.17. The Labute approximate surface area is 147 Å². The van der Waals surface area contributed by atoms with E-state index < -0.39 is 0 Å². The van der Waals surface area contributed by atoms with Gasteiger partial charge >= 0.3 is 0 Å². The molecule has 2 heterocycles. The molecule has 0 saturated carbocycles. The van der Waals surface area contributed by atoms with Gasteiger partial charge in [-0.3, -0.25) is 9.69 Å². The molecular weight excluding hydrogens is 318 g/mol. The number of rotatable bonds is 4. The normalized spacial score (nSPS) is 15.2. The zero-order valence-corrected chi connectivity index (χ0v) is 14.6. The number of nitrogens with two attached hydrogens (primary N) is 1. The maximum Gasteiger partial charge on any atom is 0.276 e. The van der Waals surface area contributed by atoms with E-state index in [9.17, 15) is 4.79 Å². The first-order valence-corrected chi connectivity index (χ1v) is 8.30. The van der Waals surface area contributed by atoms with Crippen molar-refractivity contribution in [3.63, 3.8) is 0 Å². The summed E-state index contributed by atoms with van der Waals surface area (Å²) in [5.41, 5.74) is 8.37. The number of amides is 1. The number of benzene rings is 1. The number of hydrogen-bond donors (Lipinski definition) is 1. The molecule has 7 heteroatoms. The number of ether oxygens (including phenoxy) is 1. The minimum atomic E-state index is -0.154. The lowest BCUT2D eigenvalue weighted by molar-refractivity contribution is 0.0622. The van der Waals surface area contributed by atoms with Crippen molar-refractivity contribution in [2.75, 3.05) is 39.0 Å². The fraction of sp³-hybridized carbons (Fsp3) is 0.389. The first-order chi connectivity index (χ1) is 12.1. The Bertz CT molecular complexity index is 757. The SMILES string of the molecule is COc1ccc(C)cc1CN1CCN(C(=O)c2nccnc2N)CC1. The predicted molar refractivity (Wildman–Crippen MR) is 95.4 cm³/mol. The first kappa shape index (κ1) is 17.2. The maximum absolute atomic E-state index is 12.5. The van der Waals surface area contributed by atoms with E-state index in [2.05, 4.69) is 27.9 Å². The number of hydrogen-bond acceptors (Lipinski definition) is 6. The van der Waals surface area contributed by atoms with Gasteiger partial charge in [-0.05, 0) is 13.0 Å². The van der Waals surface area contributed by atoms with Crippen LogP contribution in [0.5, 0.6) is 5.75 Å².